The predicted molar refractivity (Wildman–Crippen MR) is 103 cm³/mol. The molecule has 0 spiro atoms. The first-order chi connectivity index (χ1) is 12.0. The van der Waals surface area contributed by atoms with Crippen molar-refractivity contribution in [1.82, 2.24) is 9.80 Å². The molecule has 2 aromatic rings. The number of carbonyl (C=O) groups excluding carboxylic acids is 1. The number of amides is 1. The van der Waals surface area contributed by atoms with Crippen LogP contribution in [-0.4, -0.2) is 41.4 Å². The number of rotatable bonds is 4. The zero-order chi connectivity index (χ0) is 17.8. The van der Waals surface area contributed by atoms with Gasteiger partial charge in [-0.3, -0.25) is 9.69 Å². The van der Waals surface area contributed by atoms with Gasteiger partial charge < -0.3 is 4.90 Å². The molecule has 0 bridgehead atoms. The summed E-state index contributed by atoms with van der Waals surface area (Å²) in [7, 11) is 0. The molecule has 3 nitrogen and oxygen atoms in total. The lowest BCUT2D eigenvalue weighted by Gasteiger charge is -2.40. The maximum atomic E-state index is 12.8. The van der Waals surface area contributed by atoms with Crippen LogP contribution in [-0.2, 0) is 17.8 Å². The van der Waals surface area contributed by atoms with Gasteiger partial charge in [-0.15, -0.1) is 0 Å². The molecule has 0 radical (unpaired) electrons. The fraction of sp³-hybridized carbons (Fsp3) is 0.409. The average molecular weight is 336 g/mol. The Kier molecular flexibility index (Phi) is 5.54. The molecule has 3 rings (SSSR count). The van der Waals surface area contributed by atoms with Crippen LogP contribution in [0.25, 0.3) is 0 Å². The van der Waals surface area contributed by atoms with Crippen LogP contribution in [0, 0.1) is 13.8 Å². The van der Waals surface area contributed by atoms with Crippen LogP contribution in [0.2, 0.25) is 0 Å². The Hall–Kier alpha value is -2.13. The van der Waals surface area contributed by atoms with Gasteiger partial charge in [-0.2, -0.15) is 0 Å². The van der Waals surface area contributed by atoms with Gasteiger partial charge in [-0.25, -0.2) is 0 Å². The quantitative estimate of drug-likeness (QED) is 0.852. The number of hydrogen-bond donors (Lipinski definition) is 0. The largest absolute Gasteiger partial charge is 0.337 e. The van der Waals surface area contributed by atoms with Gasteiger partial charge >= 0.3 is 0 Å². The van der Waals surface area contributed by atoms with Crippen molar-refractivity contribution < 1.29 is 4.79 Å². The average Bonchev–Trinajstić information content (AvgIpc) is 2.59. The Morgan fingerprint density at radius 3 is 2.56 bits per heavy atom. The molecule has 0 N–H and O–H groups in total. The van der Waals surface area contributed by atoms with Crippen molar-refractivity contribution in [2.45, 2.75) is 39.8 Å². The van der Waals surface area contributed by atoms with Gasteiger partial charge in [0.1, 0.15) is 0 Å². The van der Waals surface area contributed by atoms with Crippen LogP contribution in [0.15, 0.2) is 48.5 Å². The topological polar surface area (TPSA) is 23.6 Å². The molecule has 1 aliphatic heterocycles. The molecule has 0 saturated carbocycles. The van der Waals surface area contributed by atoms with E-state index in [0.717, 1.165) is 31.7 Å². The van der Waals surface area contributed by atoms with E-state index in [-0.39, 0.29) is 11.9 Å². The first kappa shape index (κ1) is 17.7. The van der Waals surface area contributed by atoms with Crippen molar-refractivity contribution in [2.24, 2.45) is 0 Å². The molecule has 0 aromatic heterocycles. The molecule has 1 saturated heterocycles. The Morgan fingerprint density at radius 1 is 1.08 bits per heavy atom. The second kappa shape index (κ2) is 7.83. The normalized spacial score (nSPS) is 18.4. The third-order valence-electron chi connectivity index (χ3n) is 5.13. The lowest BCUT2D eigenvalue weighted by atomic mass is 10.0. The summed E-state index contributed by atoms with van der Waals surface area (Å²) in [4.78, 5) is 17.3. The maximum absolute atomic E-state index is 12.8. The lowest BCUT2D eigenvalue weighted by Crippen LogP contribution is -2.54. The minimum Gasteiger partial charge on any atom is -0.337 e. The van der Waals surface area contributed by atoms with Crippen molar-refractivity contribution >= 4 is 5.91 Å². The van der Waals surface area contributed by atoms with E-state index in [9.17, 15) is 4.79 Å². The third kappa shape index (κ3) is 4.49. The standard InChI is InChI=1S/C22H28N2O/c1-17-9-10-18(2)21(13-17)14-22(25)24-12-11-23(15-19(24)3)16-20-7-5-4-6-8-20/h4-10,13,19H,11-12,14-16H2,1-3H3/t19-/m1/s1. The second-order valence-corrected chi connectivity index (χ2v) is 7.26. The molecule has 1 amide bonds. The first-order valence-corrected chi connectivity index (χ1v) is 9.15. The highest BCUT2D eigenvalue weighted by Crippen LogP contribution is 2.17. The summed E-state index contributed by atoms with van der Waals surface area (Å²) in [6.45, 7) is 9.99. The van der Waals surface area contributed by atoms with E-state index >= 15 is 0 Å². The van der Waals surface area contributed by atoms with Crippen LogP contribution < -0.4 is 0 Å². The maximum Gasteiger partial charge on any atom is 0.227 e. The summed E-state index contributed by atoms with van der Waals surface area (Å²) < 4.78 is 0. The second-order valence-electron chi connectivity index (χ2n) is 7.26. The SMILES string of the molecule is Cc1ccc(C)c(CC(=O)N2CCN(Cc3ccccc3)C[C@H]2C)c1. The minimum atomic E-state index is 0.251. The molecule has 0 unspecified atom stereocenters. The molecule has 0 aliphatic carbocycles. The van der Waals surface area contributed by atoms with E-state index in [0.29, 0.717) is 6.42 Å². The summed E-state index contributed by atoms with van der Waals surface area (Å²) in [5.41, 5.74) is 4.91. The fourth-order valence-corrected chi connectivity index (χ4v) is 3.64. The highest BCUT2D eigenvalue weighted by molar-refractivity contribution is 5.79. The van der Waals surface area contributed by atoms with Gasteiger partial charge in [0.25, 0.3) is 0 Å². The zero-order valence-electron chi connectivity index (χ0n) is 15.5. The molecular formula is C22H28N2O. The third-order valence-corrected chi connectivity index (χ3v) is 5.13. The van der Waals surface area contributed by atoms with E-state index in [1.165, 1.54) is 16.7 Å². The van der Waals surface area contributed by atoms with Crippen LogP contribution in [0.3, 0.4) is 0 Å². The number of benzene rings is 2. The summed E-state index contributed by atoms with van der Waals surface area (Å²) >= 11 is 0. The zero-order valence-corrected chi connectivity index (χ0v) is 15.5. The van der Waals surface area contributed by atoms with Crippen LogP contribution >= 0.6 is 0 Å². The number of nitrogens with zero attached hydrogens (tertiary/aromatic N) is 2. The van der Waals surface area contributed by atoms with Gasteiger partial charge in [0, 0.05) is 32.2 Å². The van der Waals surface area contributed by atoms with E-state index in [4.69, 9.17) is 0 Å². The molecule has 1 fully saturated rings. The van der Waals surface area contributed by atoms with Crippen LogP contribution in [0.1, 0.15) is 29.2 Å². The molecule has 3 heteroatoms. The van der Waals surface area contributed by atoms with Gasteiger partial charge in [-0.1, -0.05) is 54.1 Å². The molecular weight excluding hydrogens is 308 g/mol. The summed E-state index contributed by atoms with van der Waals surface area (Å²) in [6, 6.07) is 17.2. The lowest BCUT2D eigenvalue weighted by molar-refractivity contribution is -0.135. The van der Waals surface area contributed by atoms with Gasteiger partial charge in [0.2, 0.25) is 5.91 Å². The summed E-state index contributed by atoms with van der Waals surface area (Å²) in [6.07, 6.45) is 0.510. The molecule has 132 valence electrons. The molecule has 1 atom stereocenters. The van der Waals surface area contributed by atoms with Crippen molar-refractivity contribution in [2.75, 3.05) is 19.6 Å². The molecule has 1 aliphatic rings. The number of piperazine rings is 1. The summed E-state index contributed by atoms with van der Waals surface area (Å²) in [5.74, 6) is 0.251. The number of carbonyl (C=O) groups is 1. The molecule has 25 heavy (non-hydrogen) atoms. The minimum absolute atomic E-state index is 0.251. The van der Waals surface area contributed by atoms with Crippen molar-refractivity contribution in [3.63, 3.8) is 0 Å². The molecule has 1 heterocycles. The highest BCUT2D eigenvalue weighted by atomic mass is 16.2. The van der Waals surface area contributed by atoms with Crippen LogP contribution in [0.4, 0.5) is 0 Å². The van der Waals surface area contributed by atoms with Gasteiger partial charge in [0.05, 0.1) is 6.42 Å². The van der Waals surface area contributed by atoms with Gasteiger partial charge in [0.15, 0.2) is 0 Å². The summed E-state index contributed by atoms with van der Waals surface area (Å²) in [5, 5.41) is 0. The Bertz CT molecular complexity index is 726. The fourth-order valence-electron chi connectivity index (χ4n) is 3.64. The van der Waals surface area contributed by atoms with Crippen molar-refractivity contribution in [1.29, 1.82) is 0 Å². The predicted octanol–water partition coefficient (Wildman–Crippen LogP) is 3.58. The number of hydrogen-bond acceptors (Lipinski definition) is 2. The van der Waals surface area contributed by atoms with Crippen molar-refractivity contribution in [3.05, 3.63) is 70.8 Å². The van der Waals surface area contributed by atoms with E-state index in [1.54, 1.807) is 0 Å². The molecule has 2 aromatic carbocycles. The Balaban J connectivity index is 1.59. The highest BCUT2D eigenvalue weighted by Gasteiger charge is 2.27. The van der Waals surface area contributed by atoms with E-state index in [2.05, 4.69) is 79.1 Å². The van der Waals surface area contributed by atoms with E-state index in [1.807, 2.05) is 0 Å². The van der Waals surface area contributed by atoms with E-state index < -0.39 is 0 Å². The van der Waals surface area contributed by atoms with Crippen molar-refractivity contribution in [3.8, 4) is 0 Å². The number of aryl methyl sites for hydroxylation is 2. The first-order valence-electron chi connectivity index (χ1n) is 9.15. The van der Waals surface area contributed by atoms with Gasteiger partial charge in [-0.05, 0) is 37.5 Å². The Morgan fingerprint density at radius 2 is 1.84 bits per heavy atom. The Labute approximate surface area is 151 Å². The monoisotopic (exact) mass is 336 g/mol. The smallest absolute Gasteiger partial charge is 0.227 e. The van der Waals surface area contributed by atoms with Crippen LogP contribution in [0.5, 0.6) is 0 Å².